The van der Waals surface area contributed by atoms with Gasteiger partial charge in [-0.15, -0.1) is 0 Å². The number of nitrogens with zero attached hydrogens (tertiary/aromatic N) is 1. The van der Waals surface area contributed by atoms with E-state index in [0.29, 0.717) is 5.76 Å². The standard InChI is InChI=1S/C13H20N2O4/c1-7(11-8(2)15-19-9(11)3)6-10(16)14-13(4,5)12(17)18/h7H,6H2,1-5H3,(H,14,16)(H,17,18). The zero-order valence-electron chi connectivity index (χ0n) is 11.9. The monoisotopic (exact) mass is 268 g/mol. The summed E-state index contributed by atoms with van der Waals surface area (Å²) in [5, 5.41) is 15.3. The molecule has 0 fully saturated rings. The number of amides is 1. The summed E-state index contributed by atoms with van der Waals surface area (Å²) in [7, 11) is 0. The van der Waals surface area contributed by atoms with Crippen molar-refractivity contribution in [3.05, 3.63) is 17.0 Å². The molecule has 0 saturated heterocycles. The summed E-state index contributed by atoms with van der Waals surface area (Å²) >= 11 is 0. The van der Waals surface area contributed by atoms with E-state index in [9.17, 15) is 9.59 Å². The molecule has 0 aromatic carbocycles. The van der Waals surface area contributed by atoms with E-state index in [1.165, 1.54) is 13.8 Å². The molecular weight excluding hydrogens is 248 g/mol. The van der Waals surface area contributed by atoms with Gasteiger partial charge in [0, 0.05) is 12.0 Å². The summed E-state index contributed by atoms with van der Waals surface area (Å²) < 4.78 is 5.06. The Morgan fingerprint density at radius 1 is 1.42 bits per heavy atom. The SMILES string of the molecule is Cc1noc(C)c1C(C)CC(=O)NC(C)(C)C(=O)O. The van der Waals surface area contributed by atoms with Crippen LogP contribution in [0.1, 0.15) is 50.1 Å². The molecule has 19 heavy (non-hydrogen) atoms. The summed E-state index contributed by atoms with van der Waals surface area (Å²) in [5.41, 5.74) is 0.397. The van der Waals surface area contributed by atoms with Crippen molar-refractivity contribution in [3.63, 3.8) is 0 Å². The number of hydrogen-bond acceptors (Lipinski definition) is 4. The van der Waals surface area contributed by atoms with Gasteiger partial charge in [-0.25, -0.2) is 4.79 Å². The minimum absolute atomic E-state index is 0.0733. The Kier molecular flexibility index (Phi) is 4.34. The van der Waals surface area contributed by atoms with Crippen molar-refractivity contribution >= 4 is 11.9 Å². The summed E-state index contributed by atoms with van der Waals surface area (Å²) in [6.07, 6.45) is 0.194. The number of hydrogen-bond donors (Lipinski definition) is 2. The van der Waals surface area contributed by atoms with Crippen LogP contribution in [-0.4, -0.2) is 27.7 Å². The number of rotatable bonds is 5. The maximum Gasteiger partial charge on any atom is 0.328 e. The fraction of sp³-hybridized carbons (Fsp3) is 0.615. The van der Waals surface area contributed by atoms with Gasteiger partial charge in [-0.1, -0.05) is 12.1 Å². The van der Waals surface area contributed by atoms with Gasteiger partial charge in [0.05, 0.1) is 5.69 Å². The van der Waals surface area contributed by atoms with Crippen LogP contribution in [0.4, 0.5) is 0 Å². The topological polar surface area (TPSA) is 92.4 Å². The van der Waals surface area contributed by atoms with Gasteiger partial charge < -0.3 is 14.9 Å². The van der Waals surface area contributed by atoms with Crippen LogP contribution in [0.3, 0.4) is 0 Å². The van der Waals surface area contributed by atoms with Crippen molar-refractivity contribution in [1.29, 1.82) is 0 Å². The first-order valence-corrected chi connectivity index (χ1v) is 6.12. The normalized spacial score (nSPS) is 13.1. The van der Waals surface area contributed by atoms with Crippen LogP contribution in [0.2, 0.25) is 0 Å². The highest BCUT2D eigenvalue weighted by atomic mass is 16.5. The zero-order valence-corrected chi connectivity index (χ0v) is 11.9. The molecule has 6 nitrogen and oxygen atoms in total. The molecule has 0 aliphatic heterocycles. The van der Waals surface area contributed by atoms with E-state index in [2.05, 4.69) is 10.5 Å². The highest BCUT2D eigenvalue weighted by Gasteiger charge is 2.30. The predicted octanol–water partition coefficient (Wildman–Crippen LogP) is 1.76. The Morgan fingerprint density at radius 2 is 2.00 bits per heavy atom. The number of nitrogens with one attached hydrogen (secondary N) is 1. The maximum absolute atomic E-state index is 11.9. The lowest BCUT2D eigenvalue weighted by atomic mass is 9.95. The summed E-state index contributed by atoms with van der Waals surface area (Å²) in [6, 6.07) is 0. The fourth-order valence-corrected chi connectivity index (χ4v) is 2.03. The van der Waals surface area contributed by atoms with Crippen molar-refractivity contribution in [3.8, 4) is 0 Å². The van der Waals surface area contributed by atoms with Gasteiger partial charge >= 0.3 is 5.97 Å². The zero-order chi connectivity index (χ0) is 14.8. The van der Waals surface area contributed by atoms with Gasteiger partial charge in [0.1, 0.15) is 11.3 Å². The minimum Gasteiger partial charge on any atom is -0.480 e. The number of aliphatic carboxylic acids is 1. The fourth-order valence-electron chi connectivity index (χ4n) is 2.03. The molecule has 1 aromatic heterocycles. The third kappa shape index (κ3) is 3.56. The van der Waals surface area contributed by atoms with E-state index >= 15 is 0 Å². The molecule has 1 heterocycles. The number of aryl methyl sites for hydroxylation is 2. The Hall–Kier alpha value is -1.85. The molecule has 6 heteroatoms. The van der Waals surface area contributed by atoms with Crippen molar-refractivity contribution in [2.45, 2.75) is 52.5 Å². The number of aromatic nitrogens is 1. The quantitative estimate of drug-likeness (QED) is 0.849. The highest BCUT2D eigenvalue weighted by molar-refractivity contribution is 5.86. The number of carboxylic acid groups (broad SMARTS) is 1. The maximum atomic E-state index is 11.9. The van der Waals surface area contributed by atoms with Crippen molar-refractivity contribution in [2.24, 2.45) is 0 Å². The molecule has 1 aromatic rings. The van der Waals surface area contributed by atoms with Crippen LogP contribution in [-0.2, 0) is 9.59 Å². The van der Waals surface area contributed by atoms with Crippen molar-refractivity contribution in [2.75, 3.05) is 0 Å². The molecule has 1 unspecified atom stereocenters. The lowest BCUT2D eigenvalue weighted by Gasteiger charge is -2.22. The van der Waals surface area contributed by atoms with Gasteiger partial charge in [0.2, 0.25) is 5.91 Å². The summed E-state index contributed by atoms with van der Waals surface area (Å²) in [5.74, 6) is -0.753. The molecule has 106 valence electrons. The second-order valence-electron chi connectivity index (χ2n) is 5.32. The number of carboxylic acids is 1. The highest BCUT2D eigenvalue weighted by Crippen LogP contribution is 2.25. The minimum atomic E-state index is -1.27. The molecule has 0 aliphatic carbocycles. The third-order valence-electron chi connectivity index (χ3n) is 3.06. The van der Waals surface area contributed by atoms with E-state index in [1.807, 2.05) is 13.8 Å². The van der Waals surface area contributed by atoms with Crippen LogP contribution < -0.4 is 5.32 Å². The van der Waals surface area contributed by atoms with Crippen LogP contribution in [0.5, 0.6) is 0 Å². The van der Waals surface area contributed by atoms with Crippen LogP contribution in [0, 0.1) is 13.8 Å². The molecule has 1 rings (SSSR count). The third-order valence-corrected chi connectivity index (χ3v) is 3.06. The Labute approximate surface area is 112 Å². The van der Waals surface area contributed by atoms with Crippen LogP contribution in [0.25, 0.3) is 0 Å². The number of carbonyl (C=O) groups is 2. The molecular formula is C13H20N2O4. The first-order valence-electron chi connectivity index (χ1n) is 6.12. The van der Waals surface area contributed by atoms with Crippen LogP contribution in [0.15, 0.2) is 4.52 Å². The van der Waals surface area contributed by atoms with Gasteiger partial charge in [0.15, 0.2) is 0 Å². The van der Waals surface area contributed by atoms with E-state index in [0.717, 1.165) is 11.3 Å². The number of carbonyl (C=O) groups excluding carboxylic acids is 1. The first-order chi connectivity index (χ1) is 8.65. The molecule has 0 bridgehead atoms. The lowest BCUT2D eigenvalue weighted by molar-refractivity contribution is -0.146. The van der Waals surface area contributed by atoms with Crippen molar-refractivity contribution in [1.82, 2.24) is 10.5 Å². The van der Waals surface area contributed by atoms with E-state index in [4.69, 9.17) is 9.63 Å². The van der Waals surface area contributed by atoms with Gasteiger partial charge in [0.25, 0.3) is 0 Å². The second kappa shape index (κ2) is 5.42. The molecule has 0 aliphatic rings. The lowest BCUT2D eigenvalue weighted by Crippen LogP contribution is -2.49. The smallest absolute Gasteiger partial charge is 0.328 e. The molecule has 2 N–H and O–H groups in total. The Bertz CT molecular complexity index is 471. The van der Waals surface area contributed by atoms with E-state index < -0.39 is 11.5 Å². The summed E-state index contributed by atoms with van der Waals surface area (Å²) in [4.78, 5) is 22.8. The van der Waals surface area contributed by atoms with Crippen molar-refractivity contribution < 1.29 is 19.2 Å². The largest absolute Gasteiger partial charge is 0.480 e. The van der Waals surface area contributed by atoms with Gasteiger partial charge in [-0.3, -0.25) is 4.79 Å². The van der Waals surface area contributed by atoms with E-state index in [-0.39, 0.29) is 18.2 Å². The molecule has 1 atom stereocenters. The average molecular weight is 268 g/mol. The molecule has 0 spiro atoms. The first kappa shape index (κ1) is 15.2. The van der Waals surface area contributed by atoms with Gasteiger partial charge in [-0.05, 0) is 33.6 Å². The molecule has 1 amide bonds. The molecule has 0 saturated carbocycles. The Balaban J connectivity index is 2.71. The van der Waals surface area contributed by atoms with Crippen LogP contribution >= 0.6 is 0 Å². The Morgan fingerprint density at radius 3 is 2.42 bits per heavy atom. The van der Waals surface area contributed by atoms with E-state index in [1.54, 1.807) is 6.92 Å². The average Bonchev–Trinajstić information content (AvgIpc) is 2.56. The predicted molar refractivity (Wildman–Crippen MR) is 68.9 cm³/mol. The van der Waals surface area contributed by atoms with Gasteiger partial charge in [-0.2, -0.15) is 0 Å². The summed E-state index contributed by atoms with van der Waals surface area (Å²) in [6.45, 7) is 8.41. The second-order valence-corrected chi connectivity index (χ2v) is 5.32. The molecule has 0 radical (unpaired) electrons.